The molecule has 0 amide bonds. The first-order valence-electron chi connectivity index (χ1n) is 5.40. The van der Waals surface area contributed by atoms with Crippen molar-refractivity contribution in [3.05, 3.63) is 23.9 Å². The first-order chi connectivity index (χ1) is 9.71. The van der Waals surface area contributed by atoms with Crippen LogP contribution < -0.4 is 5.43 Å². The van der Waals surface area contributed by atoms with Crippen molar-refractivity contribution in [3.8, 4) is 12.1 Å². The molecule has 2 N–H and O–H groups in total. The van der Waals surface area contributed by atoms with Gasteiger partial charge in [-0.1, -0.05) is 6.07 Å². The normalized spacial score (nSPS) is 9.35. The van der Waals surface area contributed by atoms with E-state index in [1.54, 1.807) is 30.3 Å². The molecule has 0 radical (unpaired) electrons. The number of ether oxygens (including phenoxy) is 1. The van der Waals surface area contributed by atoms with E-state index in [0.29, 0.717) is 16.6 Å². The van der Waals surface area contributed by atoms with Gasteiger partial charge in [-0.05, 0) is 12.1 Å². The molecule has 0 spiro atoms. The number of hydrogen-bond acceptors (Lipinski definition) is 7. The van der Waals surface area contributed by atoms with Crippen LogP contribution in [0.1, 0.15) is 10.5 Å². The molecule has 0 aliphatic rings. The van der Waals surface area contributed by atoms with Crippen molar-refractivity contribution in [2.24, 2.45) is 5.10 Å². The van der Waals surface area contributed by atoms with E-state index in [1.165, 1.54) is 7.11 Å². The van der Waals surface area contributed by atoms with Crippen LogP contribution >= 0.6 is 0 Å². The second kappa shape index (κ2) is 5.50. The lowest BCUT2D eigenvalue weighted by atomic mass is 10.1. The Morgan fingerprint density at radius 1 is 1.45 bits per heavy atom. The highest BCUT2D eigenvalue weighted by atomic mass is 16.5. The molecule has 2 rings (SSSR count). The second-order valence-electron chi connectivity index (χ2n) is 3.59. The van der Waals surface area contributed by atoms with Gasteiger partial charge in [0.15, 0.2) is 5.69 Å². The van der Waals surface area contributed by atoms with E-state index >= 15 is 0 Å². The molecule has 2 aromatic rings. The number of nitrogens with zero attached hydrogens (tertiary/aromatic N) is 4. The van der Waals surface area contributed by atoms with Crippen molar-refractivity contribution in [2.75, 3.05) is 12.5 Å². The van der Waals surface area contributed by atoms with Crippen LogP contribution in [0.2, 0.25) is 0 Å². The summed E-state index contributed by atoms with van der Waals surface area (Å²) in [6.07, 6.45) is 0. The molecule has 0 saturated carbocycles. The van der Waals surface area contributed by atoms with Gasteiger partial charge in [0.25, 0.3) is 0 Å². The quantitative estimate of drug-likeness (QED) is 0.488. The molecular weight excluding hydrogens is 260 g/mol. The van der Waals surface area contributed by atoms with Crippen LogP contribution in [0.3, 0.4) is 0 Å². The highest BCUT2D eigenvalue weighted by molar-refractivity contribution is 6.11. The number of benzene rings is 1. The SMILES string of the molecule is COC(=O)c1n[nH]c2cccc(NN=C(C#N)C#N)c12. The van der Waals surface area contributed by atoms with Crippen molar-refractivity contribution in [2.45, 2.75) is 0 Å². The van der Waals surface area contributed by atoms with Gasteiger partial charge in [0, 0.05) is 0 Å². The summed E-state index contributed by atoms with van der Waals surface area (Å²) in [5.74, 6) is -0.602. The predicted octanol–water partition coefficient (Wildman–Crippen LogP) is 1.16. The number of nitrogens with one attached hydrogen (secondary N) is 2. The minimum atomic E-state index is -0.602. The summed E-state index contributed by atoms with van der Waals surface area (Å²) in [4.78, 5) is 11.6. The van der Waals surface area contributed by atoms with E-state index in [2.05, 4.69) is 25.5 Å². The highest BCUT2D eigenvalue weighted by Gasteiger charge is 2.17. The van der Waals surface area contributed by atoms with Crippen LogP contribution in [0.5, 0.6) is 0 Å². The first-order valence-corrected chi connectivity index (χ1v) is 5.40. The molecule has 1 heterocycles. The molecule has 20 heavy (non-hydrogen) atoms. The molecule has 98 valence electrons. The Morgan fingerprint density at radius 2 is 2.20 bits per heavy atom. The number of nitriles is 2. The van der Waals surface area contributed by atoms with Gasteiger partial charge in [-0.3, -0.25) is 10.5 Å². The zero-order chi connectivity index (χ0) is 14.5. The average Bonchev–Trinajstić information content (AvgIpc) is 2.92. The van der Waals surface area contributed by atoms with Crippen LogP contribution in [0.15, 0.2) is 23.3 Å². The summed E-state index contributed by atoms with van der Waals surface area (Å²) in [5.41, 5.74) is 3.36. The van der Waals surface area contributed by atoms with Crippen LogP contribution in [0.4, 0.5) is 5.69 Å². The molecule has 0 saturated heterocycles. The van der Waals surface area contributed by atoms with E-state index in [0.717, 1.165) is 0 Å². The largest absolute Gasteiger partial charge is 0.464 e. The molecule has 0 bridgehead atoms. The van der Waals surface area contributed by atoms with Gasteiger partial charge in [0.2, 0.25) is 5.71 Å². The topological polar surface area (TPSA) is 127 Å². The number of esters is 1. The van der Waals surface area contributed by atoms with Crippen LogP contribution in [0.25, 0.3) is 10.9 Å². The van der Waals surface area contributed by atoms with Crippen LogP contribution in [-0.2, 0) is 4.74 Å². The first kappa shape index (κ1) is 13.1. The molecule has 8 nitrogen and oxygen atoms in total. The Kier molecular flexibility index (Phi) is 3.59. The number of aromatic amines is 1. The Hall–Kier alpha value is -3.39. The third kappa shape index (κ3) is 2.26. The highest BCUT2D eigenvalue weighted by Crippen LogP contribution is 2.25. The Bertz CT molecular complexity index is 761. The fourth-order valence-electron chi connectivity index (χ4n) is 1.60. The number of aromatic nitrogens is 2. The van der Waals surface area contributed by atoms with Gasteiger partial charge in [-0.15, -0.1) is 0 Å². The van der Waals surface area contributed by atoms with Gasteiger partial charge in [0.1, 0.15) is 12.1 Å². The standard InChI is InChI=1S/C12H8N6O2/c1-20-12(19)11-10-8(16-15-7(5-13)6-14)3-2-4-9(10)17-18-11/h2-4,16H,1H3,(H,17,18). The van der Waals surface area contributed by atoms with E-state index in [4.69, 9.17) is 10.5 Å². The third-order valence-corrected chi connectivity index (χ3v) is 2.47. The van der Waals surface area contributed by atoms with Crippen LogP contribution in [0, 0.1) is 22.7 Å². The van der Waals surface area contributed by atoms with Crippen molar-refractivity contribution < 1.29 is 9.53 Å². The smallest absolute Gasteiger partial charge is 0.359 e. The molecule has 0 aliphatic carbocycles. The number of fused-ring (bicyclic) bond motifs is 1. The van der Waals surface area contributed by atoms with Crippen molar-refractivity contribution in [1.82, 2.24) is 10.2 Å². The van der Waals surface area contributed by atoms with Gasteiger partial charge >= 0.3 is 5.97 Å². The van der Waals surface area contributed by atoms with Gasteiger partial charge < -0.3 is 4.74 Å². The Balaban J connectivity index is 2.52. The Labute approximate surface area is 113 Å². The fraction of sp³-hybridized carbons (Fsp3) is 0.0833. The summed E-state index contributed by atoms with van der Waals surface area (Å²) >= 11 is 0. The molecule has 0 atom stereocenters. The number of methoxy groups -OCH3 is 1. The van der Waals surface area contributed by atoms with Crippen molar-refractivity contribution in [1.29, 1.82) is 10.5 Å². The van der Waals surface area contributed by atoms with E-state index in [1.807, 2.05) is 0 Å². The summed E-state index contributed by atoms with van der Waals surface area (Å²) in [6, 6.07) is 8.31. The lowest BCUT2D eigenvalue weighted by Gasteiger charge is -2.03. The molecule has 0 unspecified atom stereocenters. The number of hydrazone groups is 1. The summed E-state index contributed by atoms with van der Waals surface area (Å²) in [7, 11) is 1.25. The maximum absolute atomic E-state index is 11.6. The minimum Gasteiger partial charge on any atom is -0.464 e. The molecular formula is C12H8N6O2. The zero-order valence-electron chi connectivity index (χ0n) is 10.3. The number of carbonyl (C=O) groups excluding carboxylic acids is 1. The monoisotopic (exact) mass is 268 g/mol. The second-order valence-corrected chi connectivity index (χ2v) is 3.59. The number of carbonyl (C=O) groups is 1. The number of H-pyrrole nitrogens is 1. The molecule has 1 aromatic carbocycles. The third-order valence-electron chi connectivity index (χ3n) is 2.47. The average molecular weight is 268 g/mol. The lowest BCUT2D eigenvalue weighted by molar-refractivity contribution is 0.0596. The van der Waals surface area contributed by atoms with E-state index in [9.17, 15) is 4.79 Å². The number of rotatable bonds is 3. The van der Waals surface area contributed by atoms with Crippen LogP contribution in [-0.4, -0.2) is 29.0 Å². The summed E-state index contributed by atoms with van der Waals surface area (Å²) in [5, 5.41) is 27.9. The van der Waals surface area contributed by atoms with Crippen molar-refractivity contribution >= 4 is 28.3 Å². The van der Waals surface area contributed by atoms with E-state index < -0.39 is 5.97 Å². The summed E-state index contributed by atoms with van der Waals surface area (Å²) < 4.78 is 4.64. The maximum Gasteiger partial charge on any atom is 0.359 e. The van der Waals surface area contributed by atoms with E-state index in [-0.39, 0.29) is 11.4 Å². The maximum atomic E-state index is 11.6. The predicted molar refractivity (Wildman–Crippen MR) is 69.7 cm³/mol. The molecule has 0 aliphatic heterocycles. The summed E-state index contributed by atoms with van der Waals surface area (Å²) in [6.45, 7) is 0. The number of anilines is 1. The minimum absolute atomic E-state index is 0.0938. The van der Waals surface area contributed by atoms with Gasteiger partial charge in [-0.2, -0.15) is 20.7 Å². The van der Waals surface area contributed by atoms with Crippen molar-refractivity contribution in [3.63, 3.8) is 0 Å². The lowest BCUT2D eigenvalue weighted by Crippen LogP contribution is -2.03. The van der Waals surface area contributed by atoms with Gasteiger partial charge in [-0.25, -0.2) is 4.79 Å². The Morgan fingerprint density at radius 3 is 2.85 bits per heavy atom. The van der Waals surface area contributed by atoms with Gasteiger partial charge in [0.05, 0.1) is 23.7 Å². The fourth-order valence-corrected chi connectivity index (χ4v) is 1.60. The number of hydrogen-bond donors (Lipinski definition) is 2. The zero-order valence-corrected chi connectivity index (χ0v) is 10.3. The molecule has 1 aromatic heterocycles. The molecule has 8 heteroatoms. The molecule has 0 fully saturated rings.